The molecule has 2 aromatic carbocycles. The molecule has 4 rings (SSSR count). The molecule has 31 heavy (non-hydrogen) atoms. The van der Waals surface area contributed by atoms with Gasteiger partial charge in [-0.2, -0.15) is 0 Å². The van der Waals surface area contributed by atoms with Crippen molar-refractivity contribution in [1.82, 2.24) is 9.97 Å². The summed E-state index contributed by atoms with van der Waals surface area (Å²) in [6.45, 7) is 4.11. The lowest BCUT2D eigenvalue weighted by Crippen LogP contribution is -1.95. The highest BCUT2D eigenvalue weighted by atomic mass is 16.4. The van der Waals surface area contributed by atoms with Crippen LogP contribution < -0.4 is 0 Å². The summed E-state index contributed by atoms with van der Waals surface area (Å²) in [7, 11) is 0. The summed E-state index contributed by atoms with van der Waals surface area (Å²) in [5.74, 6) is 5.40. The molecule has 150 valence electrons. The molecule has 0 unspecified atom stereocenters. The Morgan fingerprint density at radius 2 is 1.58 bits per heavy atom. The maximum absolute atomic E-state index is 11.0. The maximum Gasteiger partial charge on any atom is 0.335 e. The molecule has 0 aliphatic heterocycles. The fourth-order valence-corrected chi connectivity index (χ4v) is 3.35. The maximum atomic E-state index is 11.0. The second-order valence-electron chi connectivity index (χ2n) is 7.26. The van der Waals surface area contributed by atoms with Gasteiger partial charge in [-0.1, -0.05) is 17.9 Å². The van der Waals surface area contributed by atoms with Crippen molar-refractivity contribution >= 4 is 5.97 Å². The molecule has 0 spiro atoms. The van der Waals surface area contributed by atoms with Crippen LogP contribution in [0, 0.1) is 25.7 Å². The van der Waals surface area contributed by atoms with Gasteiger partial charge in [-0.05, 0) is 96.8 Å². The molecule has 0 bridgehead atoms. The van der Waals surface area contributed by atoms with Gasteiger partial charge in [-0.25, -0.2) is 4.79 Å². The van der Waals surface area contributed by atoms with Crippen molar-refractivity contribution in [3.8, 4) is 34.4 Å². The lowest BCUT2D eigenvalue weighted by Gasteiger charge is -2.11. The third kappa shape index (κ3) is 4.52. The van der Waals surface area contributed by atoms with Gasteiger partial charge in [-0.3, -0.25) is 9.97 Å². The minimum absolute atomic E-state index is 0.254. The lowest BCUT2D eigenvalue weighted by atomic mass is 9.95. The van der Waals surface area contributed by atoms with Crippen molar-refractivity contribution < 1.29 is 9.90 Å². The van der Waals surface area contributed by atoms with Crippen LogP contribution in [-0.4, -0.2) is 21.0 Å². The van der Waals surface area contributed by atoms with Crippen LogP contribution in [0.25, 0.3) is 22.5 Å². The van der Waals surface area contributed by atoms with Gasteiger partial charge >= 0.3 is 5.97 Å². The fraction of sp³-hybridized carbons (Fsp3) is 0.0741. The predicted molar refractivity (Wildman–Crippen MR) is 122 cm³/mol. The number of carboxylic acids is 1. The third-order valence-electron chi connectivity index (χ3n) is 5.04. The number of benzene rings is 2. The number of carboxylic acid groups (broad SMARTS) is 1. The molecule has 1 N–H and O–H groups in total. The Bertz CT molecular complexity index is 1320. The van der Waals surface area contributed by atoms with Crippen LogP contribution >= 0.6 is 0 Å². The second-order valence-corrected chi connectivity index (χ2v) is 7.26. The highest BCUT2D eigenvalue weighted by molar-refractivity contribution is 5.87. The minimum Gasteiger partial charge on any atom is -0.478 e. The van der Waals surface area contributed by atoms with Gasteiger partial charge in [-0.15, -0.1) is 0 Å². The smallest absolute Gasteiger partial charge is 0.335 e. The molecule has 0 fully saturated rings. The summed E-state index contributed by atoms with van der Waals surface area (Å²) < 4.78 is 0. The first-order chi connectivity index (χ1) is 15.0. The number of hydrogen-bond donors (Lipinski definition) is 1. The number of pyridine rings is 2. The largest absolute Gasteiger partial charge is 0.478 e. The summed E-state index contributed by atoms with van der Waals surface area (Å²) in [6, 6.07) is 20.7. The van der Waals surface area contributed by atoms with E-state index in [2.05, 4.69) is 46.9 Å². The highest BCUT2D eigenvalue weighted by Crippen LogP contribution is 2.28. The molecule has 2 aromatic heterocycles. The number of hydrogen-bond acceptors (Lipinski definition) is 3. The van der Waals surface area contributed by atoms with Crippen molar-refractivity contribution in [2.45, 2.75) is 13.8 Å². The molecule has 0 aliphatic carbocycles. The summed E-state index contributed by atoms with van der Waals surface area (Å²) >= 11 is 0. The Morgan fingerprint density at radius 3 is 2.29 bits per heavy atom. The van der Waals surface area contributed by atoms with Crippen molar-refractivity contribution in [3.63, 3.8) is 0 Å². The molecule has 2 heterocycles. The number of rotatable bonds is 3. The Kier molecular flexibility index (Phi) is 5.59. The van der Waals surface area contributed by atoms with Crippen molar-refractivity contribution in [1.29, 1.82) is 0 Å². The van der Waals surface area contributed by atoms with E-state index < -0.39 is 5.97 Å². The zero-order valence-corrected chi connectivity index (χ0v) is 17.3. The molecule has 4 aromatic rings. The van der Waals surface area contributed by atoms with Crippen LogP contribution in [0.5, 0.6) is 0 Å². The number of aromatic carboxylic acids is 1. The molecule has 0 saturated heterocycles. The van der Waals surface area contributed by atoms with Gasteiger partial charge in [0, 0.05) is 23.5 Å². The molecule has 0 atom stereocenters. The van der Waals surface area contributed by atoms with Crippen LogP contribution in [0.15, 0.2) is 79.1 Å². The predicted octanol–water partition coefficient (Wildman–Crippen LogP) is 5.53. The van der Waals surface area contributed by atoms with Crippen LogP contribution in [0.2, 0.25) is 0 Å². The number of nitrogens with zero attached hydrogens (tertiary/aromatic N) is 2. The van der Waals surface area contributed by atoms with Crippen LogP contribution in [0.1, 0.15) is 32.6 Å². The molecular formula is C27H20N2O2. The third-order valence-corrected chi connectivity index (χ3v) is 5.04. The van der Waals surface area contributed by atoms with E-state index in [1.165, 1.54) is 0 Å². The summed E-state index contributed by atoms with van der Waals surface area (Å²) in [5, 5.41) is 9.01. The number of carbonyl (C=O) groups is 1. The normalized spacial score (nSPS) is 10.3. The molecule has 0 radical (unpaired) electrons. The zero-order chi connectivity index (χ0) is 21.8. The van der Waals surface area contributed by atoms with E-state index in [1.54, 1.807) is 30.5 Å². The lowest BCUT2D eigenvalue weighted by molar-refractivity contribution is 0.0697. The van der Waals surface area contributed by atoms with Crippen molar-refractivity contribution in [3.05, 3.63) is 107 Å². The fourth-order valence-electron chi connectivity index (χ4n) is 3.35. The number of aryl methyl sites for hydroxylation is 2. The van der Waals surface area contributed by atoms with Gasteiger partial charge in [0.25, 0.3) is 0 Å². The van der Waals surface area contributed by atoms with Crippen molar-refractivity contribution in [2.75, 3.05) is 0 Å². The first-order valence-electron chi connectivity index (χ1n) is 9.86. The van der Waals surface area contributed by atoms with Gasteiger partial charge in [0.15, 0.2) is 0 Å². The summed E-state index contributed by atoms with van der Waals surface area (Å²) in [5.41, 5.74) is 8.07. The molecule has 4 heteroatoms. The Hall–Kier alpha value is -4.23. The van der Waals surface area contributed by atoms with Crippen molar-refractivity contribution in [2.24, 2.45) is 0 Å². The van der Waals surface area contributed by atoms with Gasteiger partial charge in [0.05, 0.1) is 17.0 Å². The summed E-state index contributed by atoms with van der Waals surface area (Å²) in [6.07, 6.45) is 3.57. The zero-order valence-electron chi connectivity index (χ0n) is 17.3. The van der Waals surface area contributed by atoms with E-state index in [1.807, 2.05) is 37.4 Å². The molecular weight excluding hydrogens is 384 g/mol. The Balaban J connectivity index is 1.65. The van der Waals surface area contributed by atoms with Crippen LogP contribution in [0.4, 0.5) is 0 Å². The monoisotopic (exact) mass is 404 g/mol. The molecule has 0 amide bonds. The molecule has 4 nitrogen and oxygen atoms in total. The topological polar surface area (TPSA) is 63.1 Å². The van der Waals surface area contributed by atoms with E-state index in [-0.39, 0.29) is 5.56 Å². The molecule has 0 aliphatic rings. The summed E-state index contributed by atoms with van der Waals surface area (Å²) in [4.78, 5) is 19.8. The SMILES string of the molecule is Cc1cc(-c2ccnc(-c3ccccn3)c2)c(C)cc1C#Cc1ccc(C(=O)O)cc1. The first-order valence-corrected chi connectivity index (χ1v) is 9.86. The Labute approximate surface area is 181 Å². The van der Waals surface area contributed by atoms with Crippen LogP contribution in [-0.2, 0) is 0 Å². The average molecular weight is 404 g/mol. The first kappa shape index (κ1) is 20.1. The van der Waals surface area contributed by atoms with E-state index in [4.69, 9.17) is 5.11 Å². The van der Waals surface area contributed by atoms with Crippen LogP contribution in [0.3, 0.4) is 0 Å². The average Bonchev–Trinajstić information content (AvgIpc) is 2.80. The van der Waals surface area contributed by atoms with Gasteiger partial charge < -0.3 is 5.11 Å². The number of aromatic nitrogens is 2. The van der Waals surface area contributed by atoms with E-state index >= 15 is 0 Å². The molecule has 0 saturated carbocycles. The van der Waals surface area contributed by atoms with Gasteiger partial charge in [0.1, 0.15) is 0 Å². The Morgan fingerprint density at radius 1 is 0.806 bits per heavy atom. The van der Waals surface area contributed by atoms with E-state index in [0.717, 1.165) is 44.8 Å². The highest BCUT2D eigenvalue weighted by Gasteiger charge is 2.08. The van der Waals surface area contributed by atoms with E-state index in [0.29, 0.717) is 0 Å². The van der Waals surface area contributed by atoms with E-state index in [9.17, 15) is 4.79 Å². The van der Waals surface area contributed by atoms with Gasteiger partial charge in [0.2, 0.25) is 0 Å². The minimum atomic E-state index is -0.941. The standard InChI is InChI=1S/C27H20N2O2/c1-18-16-24(23-12-14-29-26(17-23)25-5-3-4-13-28-25)19(2)15-22(18)11-8-20-6-9-21(10-7-20)27(30)31/h3-7,9-10,12-17H,1-2H3,(H,30,31). The quantitative estimate of drug-likeness (QED) is 0.456. The second kappa shape index (κ2) is 8.64.